The van der Waals surface area contributed by atoms with E-state index in [1.807, 2.05) is 30.3 Å². The molecule has 20 heavy (non-hydrogen) atoms. The Morgan fingerprint density at radius 3 is 2.70 bits per heavy atom. The summed E-state index contributed by atoms with van der Waals surface area (Å²) in [5.74, 6) is 0.378. The van der Waals surface area contributed by atoms with E-state index < -0.39 is 0 Å². The van der Waals surface area contributed by atoms with Crippen molar-refractivity contribution in [1.29, 1.82) is 0 Å². The van der Waals surface area contributed by atoms with Crippen molar-refractivity contribution < 1.29 is 4.79 Å². The van der Waals surface area contributed by atoms with Gasteiger partial charge < -0.3 is 0 Å². The average molecular weight is 265 g/mol. The molecule has 0 spiro atoms. The molecule has 1 N–H and O–H groups in total. The number of benzene rings is 1. The largest absolute Gasteiger partial charge is 0.273 e. The minimum Gasteiger partial charge on any atom is -0.273 e. The zero-order chi connectivity index (χ0) is 13.8. The van der Waals surface area contributed by atoms with Gasteiger partial charge in [-0.2, -0.15) is 5.10 Å². The van der Waals surface area contributed by atoms with Crippen LogP contribution >= 0.6 is 0 Å². The van der Waals surface area contributed by atoms with Crippen LogP contribution in [-0.4, -0.2) is 17.1 Å². The lowest BCUT2D eigenvalue weighted by Crippen LogP contribution is -2.20. The highest BCUT2D eigenvalue weighted by Gasteiger charge is 2.43. The topological polar surface area (TPSA) is 54.4 Å². The van der Waals surface area contributed by atoms with Crippen molar-refractivity contribution in [3.63, 3.8) is 0 Å². The highest BCUT2D eigenvalue weighted by atomic mass is 16.2. The highest BCUT2D eigenvalue weighted by Crippen LogP contribution is 2.47. The molecule has 0 saturated heterocycles. The monoisotopic (exact) mass is 265 g/mol. The minimum atomic E-state index is -0.0100. The predicted octanol–water partition coefficient (Wildman–Crippen LogP) is 2.34. The number of rotatable bonds is 4. The molecule has 0 unspecified atom stereocenters. The maximum atomic E-state index is 11.9. The van der Waals surface area contributed by atoms with E-state index in [1.165, 1.54) is 5.56 Å². The minimum absolute atomic E-state index is 0.0100. The van der Waals surface area contributed by atoms with Gasteiger partial charge in [0.2, 0.25) is 5.91 Å². The number of carbonyl (C=O) groups excluding carboxylic acids is 1. The van der Waals surface area contributed by atoms with E-state index in [1.54, 1.807) is 18.6 Å². The van der Waals surface area contributed by atoms with Crippen LogP contribution in [0.3, 0.4) is 0 Å². The second kappa shape index (κ2) is 5.65. The van der Waals surface area contributed by atoms with Gasteiger partial charge in [-0.3, -0.25) is 9.78 Å². The Bertz CT molecular complexity index is 610. The summed E-state index contributed by atoms with van der Waals surface area (Å²) in [4.78, 5) is 15.9. The summed E-state index contributed by atoms with van der Waals surface area (Å²) in [5.41, 5.74) is 4.74. The maximum Gasteiger partial charge on any atom is 0.243 e. The normalized spacial score (nSPS) is 20.8. The molecule has 1 amide bonds. The summed E-state index contributed by atoms with van der Waals surface area (Å²) >= 11 is 0. The number of amides is 1. The first-order valence-electron chi connectivity index (χ1n) is 6.62. The van der Waals surface area contributed by atoms with Crippen molar-refractivity contribution in [1.82, 2.24) is 10.4 Å². The molecule has 1 aromatic carbocycles. The number of nitrogens with zero attached hydrogens (tertiary/aromatic N) is 2. The Labute approximate surface area is 117 Å². The molecule has 0 bridgehead atoms. The molecule has 4 heteroatoms. The van der Waals surface area contributed by atoms with Crippen LogP contribution in [0.2, 0.25) is 0 Å². The lowest BCUT2D eigenvalue weighted by molar-refractivity contribution is -0.122. The Kier molecular flexibility index (Phi) is 3.54. The molecule has 1 fully saturated rings. The summed E-state index contributed by atoms with van der Waals surface area (Å²) in [6, 6.07) is 13.8. The van der Waals surface area contributed by atoms with E-state index in [-0.39, 0.29) is 11.8 Å². The number of nitrogens with one attached hydrogen (secondary N) is 1. The van der Waals surface area contributed by atoms with Crippen LogP contribution in [0.1, 0.15) is 23.5 Å². The first-order chi connectivity index (χ1) is 9.84. The lowest BCUT2D eigenvalue weighted by atomic mass is 10.1. The first-order valence-corrected chi connectivity index (χ1v) is 6.62. The third-order valence-electron chi connectivity index (χ3n) is 3.45. The second-order valence-electron chi connectivity index (χ2n) is 4.87. The molecule has 0 aliphatic heterocycles. The number of hydrogen-bond acceptors (Lipinski definition) is 3. The molecule has 0 radical (unpaired) electrons. The lowest BCUT2D eigenvalue weighted by Gasteiger charge is -1.99. The molecule has 1 aromatic heterocycles. The van der Waals surface area contributed by atoms with Crippen molar-refractivity contribution in [2.24, 2.45) is 11.0 Å². The first kappa shape index (κ1) is 12.5. The van der Waals surface area contributed by atoms with Gasteiger partial charge in [0.1, 0.15) is 0 Å². The molecule has 2 atom stereocenters. The molecule has 1 saturated carbocycles. The van der Waals surface area contributed by atoms with Crippen molar-refractivity contribution in [2.45, 2.75) is 12.3 Å². The van der Waals surface area contributed by atoms with E-state index in [9.17, 15) is 4.79 Å². The van der Waals surface area contributed by atoms with Gasteiger partial charge in [0.15, 0.2) is 0 Å². The zero-order valence-electron chi connectivity index (χ0n) is 10.9. The number of pyridine rings is 1. The average Bonchev–Trinajstić information content (AvgIpc) is 3.30. The number of hydrogen-bond donors (Lipinski definition) is 1. The van der Waals surface area contributed by atoms with E-state index in [2.05, 4.69) is 27.6 Å². The van der Waals surface area contributed by atoms with Crippen LogP contribution in [0, 0.1) is 5.92 Å². The third-order valence-corrected chi connectivity index (χ3v) is 3.45. The van der Waals surface area contributed by atoms with E-state index in [0.717, 1.165) is 12.0 Å². The predicted molar refractivity (Wildman–Crippen MR) is 77.3 cm³/mol. The summed E-state index contributed by atoms with van der Waals surface area (Å²) in [6.07, 6.45) is 5.91. The van der Waals surface area contributed by atoms with Crippen LogP contribution in [-0.2, 0) is 4.79 Å². The summed E-state index contributed by atoms with van der Waals surface area (Å²) in [6.45, 7) is 0. The van der Waals surface area contributed by atoms with Gasteiger partial charge >= 0.3 is 0 Å². The van der Waals surface area contributed by atoms with Gasteiger partial charge in [-0.25, -0.2) is 5.43 Å². The Hall–Kier alpha value is -2.49. The third kappa shape index (κ3) is 2.91. The van der Waals surface area contributed by atoms with Gasteiger partial charge in [0.05, 0.1) is 6.21 Å². The smallest absolute Gasteiger partial charge is 0.243 e. The van der Waals surface area contributed by atoms with E-state index in [0.29, 0.717) is 5.92 Å². The van der Waals surface area contributed by atoms with Gasteiger partial charge in [-0.1, -0.05) is 30.3 Å². The molecule has 100 valence electrons. The molecule has 1 aliphatic rings. The van der Waals surface area contributed by atoms with Crippen LogP contribution < -0.4 is 5.43 Å². The molecular weight excluding hydrogens is 250 g/mol. The number of carbonyl (C=O) groups is 1. The van der Waals surface area contributed by atoms with Crippen LogP contribution in [0.5, 0.6) is 0 Å². The Morgan fingerprint density at radius 2 is 1.95 bits per heavy atom. The number of hydrazone groups is 1. The standard InChI is InChI=1S/C16H15N3O/c20-16(19-18-11-12-6-8-17-9-7-12)15-10-14(15)13-4-2-1-3-5-13/h1-9,11,14-15H,10H2,(H,19,20)/t14-,15-/m1/s1. The van der Waals surface area contributed by atoms with Gasteiger partial charge in [0.25, 0.3) is 0 Å². The Balaban J connectivity index is 1.53. The zero-order valence-corrected chi connectivity index (χ0v) is 10.9. The van der Waals surface area contributed by atoms with Crippen molar-refractivity contribution in [2.75, 3.05) is 0 Å². The maximum absolute atomic E-state index is 11.9. The van der Waals surface area contributed by atoms with E-state index >= 15 is 0 Å². The molecule has 1 heterocycles. The quantitative estimate of drug-likeness (QED) is 0.681. The molecular formula is C16H15N3O. The van der Waals surface area contributed by atoms with Crippen LogP contribution in [0.15, 0.2) is 60.0 Å². The Morgan fingerprint density at radius 1 is 1.20 bits per heavy atom. The van der Waals surface area contributed by atoms with Crippen LogP contribution in [0.4, 0.5) is 0 Å². The van der Waals surface area contributed by atoms with Gasteiger partial charge in [0, 0.05) is 18.3 Å². The van der Waals surface area contributed by atoms with Crippen molar-refractivity contribution >= 4 is 12.1 Å². The fourth-order valence-corrected chi connectivity index (χ4v) is 2.26. The van der Waals surface area contributed by atoms with Crippen molar-refractivity contribution in [3.05, 3.63) is 66.0 Å². The second-order valence-corrected chi connectivity index (χ2v) is 4.87. The van der Waals surface area contributed by atoms with Crippen LogP contribution in [0.25, 0.3) is 0 Å². The fraction of sp³-hybridized carbons (Fsp3) is 0.188. The van der Waals surface area contributed by atoms with E-state index in [4.69, 9.17) is 0 Å². The van der Waals surface area contributed by atoms with Gasteiger partial charge in [-0.05, 0) is 35.6 Å². The molecule has 2 aromatic rings. The number of aromatic nitrogens is 1. The van der Waals surface area contributed by atoms with Gasteiger partial charge in [-0.15, -0.1) is 0 Å². The summed E-state index contributed by atoms with van der Waals surface area (Å²) in [7, 11) is 0. The summed E-state index contributed by atoms with van der Waals surface area (Å²) < 4.78 is 0. The van der Waals surface area contributed by atoms with Crippen molar-refractivity contribution in [3.8, 4) is 0 Å². The SMILES string of the molecule is O=C(NN=Cc1ccncc1)[C@@H]1C[C@@H]1c1ccccc1. The molecule has 4 nitrogen and oxygen atoms in total. The molecule has 1 aliphatic carbocycles. The molecule has 3 rings (SSSR count). The fourth-order valence-electron chi connectivity index (χ4n) is 2.26. The highest BCUT2D eigenvalue weighted by molar-refractivity contribution is 5.85. The summed E-state index contributed by atoms with van der Waals surface area (Å²) in [5, 5.41) is 3.98.